The molecule has 0 aliphatic carbocycles. The molecule has 5 heteroatoms. The highest BCUT2D eigenvalue weighted by molar-refractivity contribution is 14.1. The number of carbonyl (C=O) groups is 1. The Balaban J connectivity index is 2.31. The summed E-state index contributed by atoms with van der Waals surface area (Å²) in [4.78, 5) is 12.2. The molecule has 98 valence electrons. The fourth-order valence-corrected chi connectivity index (χ4v) is 2.44. The lowest BCUT2D eigenvalue weighted by Gasteiger charge is -2.12. The van der Waals surface area contributed by atoms with E-state index in [0.717, 1.165) is 5.56 Å². The molecular weight excluding hydrogens is 358 g/mol. The number of hydrogen-bond donors (Lipinski definition) is 2. The number of carbonyl (C=O) groups excluding carboxylic acids is 1. The van der Waals surface area contributed by atoms with Gasteiger partial charge in [-0.1, -0.05) is 12.1 Å². The maximum atomic E-state index is 13.0. The van der Waals surface area contributed by atoms with Gasteiger partial charge in [0.05, 0.1) is 16.9 Å². The van der Waals surface area contributed by atoms with Crippen molar-refractivity contribution in [2.24, 2.45) is 0 Å². The van der Waals surface area contributed by atoms with Crippen LogP contribution in [0.15, 0.2) is 36.4 Å². The van der Waals surface area contributed by atoms with E-state index in [1.807, 2.05) is 41.6 Å². The smallest absolute Gasteiger partial charge is 0.256 e. The maximum Gasteiger partial charge on any atom is 0.256 e. The summed E-state index contributed by atoms with van der Waals surface area (Å²) < 4.78 is 13.6. The summed E-state index contributed by atoms with van der Waals surface area (Å²) >= 11 is 1.93. The molecule has 0 fully saturated rings. The van der Waals surface area contributed by atoms with Crippen molar-refractivity contribution in [2.75, 3.05) is 11.1 Å². The van der Waals surface area contributed by atoms with Gasteiger partial charge < -0.3 is 11.1 Å². The summed E-state index contributed by atoms with van der Waals surface area (Å²) in [5, 5.41) is 2.76. The first kappa shape index (κ1) is 13.8. The van der Waals surface area contributed by atoms with Gasteiger partial charge in [0.1, 0.15) is 5.82 Å². The molecule has 0 aliphatic rings. The number of rotatable bonds is 2. The van der Waals surface area contributed by atoms with Gasteiger partial charge in [0.2, 0.25) is 0 Å². The molecular formula is C14H12FIN2O. The van der Waals surface area contributed by atoms with E-state index in [2.05, 4.69) is 5.32 Å². The van der Waals surface area contributed by atoms with Gasteiger partial charge in [0, 0.05) is 3.57 Å². The highest BCUT2D eigenvalue weighted by atomic mass is 127. The van der Waals surface area contributed by atoms with Gasteiger partial charge in [0.15, 0.2) is 0 Å². The Bertz CT molecular complexity index is 623. The second kappa shape index (κ2) is 5.56. The lowest BCUT2D eigenvalue weighted by atomic mass is 10.1. The third-order valence-corrected chi connectivity index (χ3v) is 3.61. The molecule has 0 unspecified atom stereocenters. The zero-order valence-corrected chi connectivity index (χ0v) is 12.4. The van der Waals surface area contributed by atoms with Crippen LogP contribution in [0.4, 0.5) is 15.8 Å². The number of aryl methyl sites for hydroxylation is 1. The van der Waals surface area contributed by atoms with Gasteiger partial charge in [0.25, 0.3) is 5.91 Å². The van der Waals surface area contributed by atoms with E-state index < -0.39 is 0 Å². The van der Waals surface area contributed by atoms with Crippen molar-refractivity contribution in [1.82, 2.24) is 0 Å². The molecule has 0 radical (unpaired) electrons. The first-order chi connectivity index (χ1) is 8.99. The topological polar surface area (TPSA) is 55.1 Å². The number of para-hydroxylation sites is 1. The van der Waals surface area contributed by atoms with E-state index >= 15 is 0 Å². The molecule has 0 heterocycles. The SMILES string of the molecule is Cc1cccc(N)c1NC(=O)c1ccc(F)cc1I. The van der Waals surface area contributed by atoms with Gasteiger partial charge in [-0.15, -0.1) is 0 Å². The molecule has 3 N–H and O–H groups in total. The highest BCUT2D eigenvalue weighted by Crippen LogP contribution is 2.24. The predicted octanol–water partition coefficient (Wildman–Crippen LogP) is 3.57. The van der Waals surface area contributed by atoms with Crippen molar-refractivity contribution in [2.45, 2.75) is 6.92 Å². The lowest BCUT2D eigenvalue weighted by molar-refractivity contribution is 0.102. The van der Waals surface area contributed by atoms with E-state index in [1.54, 1.807) is 6.07 Å². The minimum Gasteiger partial charge on any atom is -0.397 e. The van der Waals surface area contributed by atoms with Crippen molar-refractivity contribution < 1.29 is 9.18 Å². The number of nitrogen functional groups attached to an aromatic ring is 1. The molecule has 1 amide bonds. The third kappa shape index (κ3) is 3.04. The van der Waals surface area contributed by atoms with E-state index in [-0.39, 0.29) is 11.7 Å². The normalized spacial score (nSPS) is 10.3. The molecule has 19 heavy (non-hydrogen) atoms. The Labute approximate surface area is 124 Å². The van der Waals surface area contributed by atoms with Crippen LogP contribution in [0.1, 0.15) is 15.9 Å². The first-order valence-corrected chi connectivity index (χ1v) is 6.68. The lowest BCUT2D eigenvalue weighted by Crippen LogP contribution is -2.15. The number of amides is 1. The largest absolute Gasteiger partial charge is 0.397 e. The molecule has 0 spiro atoms. The number of hydrogen-bond acceptors (Lipinski definition) is 2. The fourth-order valence-electron chi connectivity index (χ4n) is 1.72. The summed E-state index contributed by atoms with van der Waals surface area (Å²) in [5.41, 5.74) is 8.23. The fraction of sp³-hybridized carbons (Fsp3) is 0.0714. The van der Waals surface area contributed by atoms with Crippen LogP contribution in [0.25, 0.3) is 0 Å². The molecule has 2 rings (SSSR count). The van der Waals surface area contributed by atoms with E-state index in [4.69, 9.17) is 5.73 Å². The van der Waals surface area contributed by atoms with Crippen molar-refractivity contribution in [3.05, 3.63) is 56.9 Å². The maximum absolute atomic E-state index is 13.0. The average molecular weight is 370 g/mol. The summed E-state index contributed by atoms with van der Waals surface area (Å²) in [7, 11) is 0. The summed E-state index contributed by atoms with van der Waals surface area (Å²) in [6.07, 6.45) is 0. The Morgan fingerprint density at radius 2 is 2.05 bits per heavy atom. The van der Waals surface area contributed by atoms with E-state index in [0.29, 0.717) is 20.5 Å². The molecule has 0 saturated carbocycles. The van der Waals surface area contributed by atoms with Gasteiger partial charge >= 0.3 is 0 Å². The van der Waals surface area contributed by atoms with Gasteiger partial charge in [-0.25, -0.2) is 4.39 Å². The minimum atomic E-state index is -0.364. The second-order valence-electron chi connectivity index (χ2n) is 4.12. The molecule has 0 atom stereocenters. The van der Waals surface area contributed by atoms with Gasteiger partial charge in [-0.05, 0) is 59.3 Å². The number of benzene rings is 2. The zero-order chi connectivity index (χ0) is 14.0. The van der Waals surface area contributed by atoms with Crippen LogP contribution in [-0.2, 0) is 0 Å². The molecule has 0 aliphatic heterocycles. The van der Waals surface area contributed by atoms with Gasteiger partial charge in [-0.2, -0.15) is 0 Å². The predicted molar refractivity (Wildman–Crippen MR) is 82.7 cm³/mol. The molecule has 0 bridgehead atoms. The monoisotopic (exact) mass is 370 g/mol. The van der Waals surface area contributed by atoms with Crippen LogP contribution in [0.5, 0.6) is 0 Å². The van der Waals surface area contributed by atoms with E-state index in [9.17, 15) is 9.18 Å². The third-order valence-electron chi connectivity index (χ3n) is 2.72. The first-order valence-electron chi connectivity index (χ1n) is 5.60. The van der Waals surface area contributed by atoms with Crippen molar-refractivity contribution >= 4 is 39.9 Å². The van der Waals surface area contributed by atoms with E-state index in [1.165, 1.54) is 18.2 Å². The second-order valence-corrected chi connectivity index (χ2v) is 5.28. The molecule has 0 saturated heterocycles. The van der Waals surface area contributed by atoms with Crippen LogP contribution in [0, 0.1) is 16.3 Å². The molecule has 0 aromatic heterocycles. The van der Waals surface area contributed by atoms with Crippen LogP contribution in [0.3, 0.4) is 0 Å². The van der Waals surface area contributed by atoms with Crippen molar-refractivity contribution in [3.63, 3.8) is 0 Å². The molecule has 2 aromatic rings. The molecule has 3 nitrogen and oxygen atoms in total. The Kier molecular flexibility index (Phi) is 4.04. The van der Waals surface area contributed by atoms with Gasteiger partial charge in [-0.3, -0.25) is 4.79 Å². The highest BCUT2D eigenvalue weighted by Gasteiger charge is 2.13. The van der Waals surface area contributed by atoms with Crippen LogP contribution in [0.2, 0.25) is 0 Å². The minimum absolute atomic E-state index is 0.301. The average Bonchev–Trinajstić information content (AvgIpc) is 2.33. The summed E-state index contributed by atoms with van der Waals surface area (Å²) in [6, 6.07) is 9.44. The number of anilines is 2. The zero-order valence-electron chi connectivity index (χ0n) is 10.2. The standard InChI is InChI=1S/C14H12FIN2O/c1-8-3-2-4-12(17)13(8)18-14(19)10-6-5-9(15)7-11(10)16/h2-7H,17H2,1H3,(H,18,19). The Hall–Kier alpha value is -1.63. The Morgan fingerprint density at radius 3 is 2.68 bits per heavy atom. The summed E-state index contributed by atoms with van der Waals surface area (Å²) in [5.74, 6) is -0.665. The quantitative estimate of drug-likeness (QED) is 0.627. The van der Waals surface area contributed by atoms with Crippen molar-refractivity contribution in [3.8, 4) is 0 Å². The van der Waals surface area contributed by atoms with Crippen molar-refractivity contribution in [1.29, 1.82) is 0 Å². The van der Waals surface area contributed by atoms with Crippen LogP contribution < -0.4 is 11.1 Å². The molecule has 2 aromatic carbocycles. The Morgan fingerprint density at radius 1 is 1.32 bits per heavy atom. The summed E-state index contributed by atoms with van der Waals surface area (Å²) in [6.45, 7) is 1.86. The number of nitrogens with one attached hydrogen (secondary N) is 1. The van der Waals surface area contributed by atoms with Crippen LogP contribution in [-0.4, -0.2) is 5.91 Å². The number of halogens is 2. The van der Waals surface area contributed by atoms with Crippen LogP contribution >= 0.6 is 22.6 Å². The number of nitrogens with two attached hydrogens (primary N) is 1.